The summed E-state index contributed by atoms with van der Waals surface area (Å²) in [5.41, 5.74) is 0. The van der Waals surface area contributed by atoms with Crippen LogP contribution in [0.15, 0.2) is 36.5 Å². The molecule has 3 atom stereocenters. The zero-order valence-corrected chi connectivity index (χ0v) is 45.3. The molecule has 0 aliphatic carbocycles. The molecular weight excluding hydrogens is 840 g/mol. The fourth-order valence-electron chi connectivity index (χ4n) is 8.36. The van der Waals surface area contributed by atoms with Crippen LogP contribution in [0, 0.1) is 0 Å². The summed E-state index contributed by atoms with van der Waals surface area (Å²) >= 11 is 0. The molecule has 66 heavy (non-hydrogen) atoms. The van der Waals surface area contributed by atoms with Crippen LogP contribution in [0.25, 0.3) is 0 Å². The van der Waals surface area contributed by atoms with Crippen LogP contribution in [0.5, 0.6) is 0 Å². The number of nitrogens with one attached hydrogen (secondary N) is 1. The molecule has 0 fully saturated rings. The number of carbonyl (C=O) groups excluding carboxylic acids is 1. The summed E-state index contributed by atoms with van der Waals surface area (Å²) in [6.45, 7) is 4.67. The zero-order chi connectivity index (χ0) is 48.5. The molecule has 0 saturated heterocycles. The first kappa shape index (κ1) is 64.7. The number of nitrogens with zero attached hydrogens (tertiary/aromatic N) is 1. The lowest BCUT2D eigenvalue weighted by Crippen LogP contribution is -2.45. The van der Waals surface area contributed by atoms with Crippen LogP contribution >= 0.6 is 7.82 Å². The summed E-state index contributed by atoms with van der Waals surface area (Å²) < 4.78 is 23.3. The first-order valence-corrected chi connectivity index (χ1v) is 29.8. The van der Waals surface area contributed by atoms with Crippen LogP contribution in [-0.2, 0) is 18.4 Å². The molecule has 0 aliphatic heterocycles. The molecule has 0 aromatic rings. The third-order valence-electron chi connectivity index (χ3n) is 12.8. The molecule has 9 heteroatoms. The number of phosphoric ester groups is 1. The number of likely N-dealkylation sites (N-methyl/N-ethyl adjacent to an activating group) is 1. The topological polar surface area (TPSA) is 108 Å². The molecule has 0 aliphatic rings. The fraction of sp³-hybridized carbons (Fsp3) is 0.877. The van der Waals surface area contributed by atoms with Gasteiger partial charge in [-0.2, -0.15) is 0 Å². The predicted molar refractivity (Wildman–Crippen MR) is 284 cm³/mol. The van der Waals surface area contributed by atoms with Crippen molar-refractivity contribution in [3.8, 4) is 0 Å². The lowest BCUT2D eigenvalue weighted by Gasteiger charge is -2.29. The van der Waals surface area contributed by atoms with Crippen LogP contribution in [0.3, 0.4) is 0 Å². The van der Waals surface area contributed by atoms with Gasteiger partial charge in [0.2, 0.25) is 5.91 Å². The van der Waals surface area contributed by atoms with Crippen molar-refractivity contribution in [1.82, 2.24) is 5.32 Å². The van der Waals surface area contributed by atoms with Gasteiger partial charge in [-0.25, -0.2) is 0 Å². The maximum absolute atomic E-state index is 13.0. The molecule has 0 aromatic heterocycles. The van der Waals surface area contributed by atoms with E-state index < -0.39 is 20.0 Å². The fourth-order valence-corrected chi connectivity index (χ4v) is 9.08. The van der Waals surface area contributed by atoms with Crippen molar-refractivity contribution in [1.29, 1.82) is 0 Å². The van der Waals surface area contributed by atoms with E-state index in [1.807, 2.05) is 27.2 Å². The van der Waals surface area contributed by atoms with Gasteiger partial charge in [0.1, 0.15) is 13.2 Å². The van der Waals surface area contributed by atoms with Crippen molar-refractivity contribution < 1.29 is 32.9 Å². The van der Waals surface area contributed by atoms with Gasteiger partial charge in [0, 0.05) is 6.42 Å². The highest BCUT2D eigenvalue weighted by Gasteiger charge is 2.23. The van der Waals surface area contributed by atoms with E-state index in [0.29, 0.717) is 17.4 Å². The van der Waals surface area contributed by atoms with Crippen LogP contribution < -0.4 is 10.2 Å². The number of allylic oxidation sites excluding steroid dienone is 5. The standard InChI is InChI=1S/C57H111N2O6P/c1-6-8-10-12-14-16-18-20-22-24-26-28-29-31-33-35-37-39-41-43-45-47-49-51-57(61)58-55(54-65-66(62,63)64-53-52-59(3,4)5)56(60)50-48-46-44-42-40-38-36-34-32-30-27-25-23-21-19-17-15-13-11-9-7-2/h18,20,24,26,48,50,55-56,60H,6-17,19,21-23,25,27-47,49,51-54H2,1-5H3,(H-,58,61,62,63)/b20-18-,26-24-,50-48+. The molecule has 0 aromatic carbocycles. The first-order valence-electron chi connectivity index (χ1n) is 28.4. The molecule has 0 bridgehead atoms. The number of phosphoric acid groups is 1. The molecule has 0 radical (unpaired) electrons. The number of rotatable bonds is 52. The van der Waals surface area contributed by atoms with E-state index in [1.54, 1.807) is 6.08 Å². The van der Waals surface area contributed by atoms with Crippen LogP contribution in [0.4, 0.5) is 0 Å². The Morgan fingerprint density at radius 1 is 0.530 bits per heavy atom. The highest BCUT2D eigenvalue weighted by atomic mass is 31.2. The number of aliphatic hydroxyl groups is 1. The van der Waals surface area contributed by atoms with Gasteiger partial charge in [-0.1, -0.05) is 249 Å². The number of carbonyl (C=O) groups is 1. The minimum absolute atomic E-state index is 0.000802. The van der Waals surface area contributed by atoms with E-state index in [4.69, 9.17) is 9.05 Å². The smallest absolute Gasteiger partial charge is 0.268 e. The number of hydrogen-bond acceptors (Lipinski definition) is 6. The van der Waals surface area contributed by atoms with E-state index in [-0.39, 0.29) is 19.1 Å². The van der Waals surface area contributed by atoms with Crippen molar-refractivity contribution in [2.24, 2.45) is 0 Å². The molecule has 8 nitrogen and oxygen atoms in total. The minimum atomic E-state index is -4.60. The van der Waals surface area contributed by atoms with E-state index in [9.17, 15) is 19.4 Å². The van der Waals surface area contributed by atoms with Crippen LogP contribution in [0.2, 0.25) is 0 Å². The minimum Gasteiger partial charge on any atom is -0.756 e. The third-order valence-corrected chi connectivity index (χ3v) is 13.8. The predicted octanol–water partition coefficient (Wildman–Crippen LogP) is 16.4. The average Bonchev–Trinajstić information content (AvgIpc) is 3.28. The molecule has 390 valence electrons. The second kappa shape index (κ2) is 48.7. The molecule has 0 saturated carbocycles. The van der Waals surface area contributed by atoms with Crippen molar-refractivity contribution >= 4 is 13.7 Å². The van der Waals surface area contributed by atoms with E-state index >= 15 is 0 Å². The van der Waals surface area contributed by atoms with Gasteiger partial charge in [-0.3, -0.25) is 9.36 Å². The highest BCUT2D eigenvalue weighted by Crippen LogP contribution is 2.38. The van der Waals surface area contributed by atoms with Crippen LogP contribution in [-0.4, -0.2) is 68.5 Å². The lowest BCUT2D eigenvalue weighted by atomic mass is 10.0. The van der Waals surface area contributed by atoms with Crippen molar-refractivity contribution in [2.45, 2.75) is 283 Å². The van der Waals surface area contributed by atoms with Gasteiger partial charge in [-0.05, 0) is 51.4 Å². The maximum Gasteiger partial charge on any atom is 0.268 e. The Kier molecular flexibility index (Phi) is 47.8. The largest absolute Gasteiger partial charge is 0.756 e. The Morgan fingerprint density at radius 3 is 1.26 bits per heavy atom. The molecule has 0 spiro atoms. The maximum atomic E-state index is 13.0. The molecular formula is C57H111N2O6P. The van der Waals surface area contributed by atoms with E-state index in [1.165, 1.54) is 205 Å². The SMILES string of the molecule is CCCCCCC/C=C\C/C=C\CCCCCCCCCCCCCC(=O)NC(COP(=O)([O-])OCC[N+](C)(C)C)C(O)/C=C/CCCCCCCCCCCCCCCCCCCCC. The summed E-state index contributed by atoms with van der Waals surface area (Å²) in [6, 6.07) is -0.887. The second-order valence-electron chi connectivity index (χ2n) is 20.6. The Hall–Kier alpha value is -1.28. The quantitative estimate of drug-likeness (QED) is 0.0272. The first-order chi connectivity index (χ1) is 32.0. The van der Waals surface area contributed by atoms with Gasteiger partial charge in [0.05, 0.1) is 39.9 Å². The number of unbranched alkanes of at least 4 members (excludes halogenated alkanes) is 35. The van der Waals surface area contributed by atoms with Gasteiger partial charge in [0.25, 0.3) is 7.82 Å². The average molecular weight is 951 g/mol. The van der Waals surface area contributed by atoms with Crippen molar-refractivity contribution in [2.75, 3.05) is 40.9 Å². The summed E-state index contributed by atoms with van der Waals surface area (Å²) in [4.78, 5) is 25.5. The van der Waals surface area contributed by atoms with Crippen molar-refractivity contribution in [3.63, 3.8) is 0 Å². The van der Waals surface area contributed by atoms with Crippen molar-refractivity contribution in [3.05, 3.63) is 36.5 Å². The Bertz CT molecular complexity index is 1170. The van der Waals surface area contributed by atoms with E-state index in [2.05, 4.69) is 43.5 Å². The molecule has 2 N–H and O–H groups in total. The van der Waals surface area contributed by atoms with Gasteiger partial charge >= 0.3 is 0 Å². The van der Waals surface area contributed by atoms with Crippen LogP contribution in [0.1, 0.15) is 271 Å². The second-order valence-corrected chi connectivity index (χ2v) is 22.1. The number of hydrogen-bond donors (Lipinski definition) is 2. The lowest BCUT2D eigenvalue weighted by molar-refractivity contribution is -0.870. The molecule has 0 heterocycles. The normalized spacial score (nSPS) is 14.2. The Morgan fingerprint density at radius 2 is 0.879 bits per heavy atom. The van der Waals surface area contributed by atoms with Gasteiger partial charge in [0.15, 0.2) is 0 Å². The summed E-state index contributed by atoms with van der Waals surface area (Å²) in [5.74, 6) is -0.197. The monoisotopic (exact) mass is 951 g/mol. The number of aliphatic hydroxyl groups excluding tert-OH is 1. The zero-order valence-electron chi connectivity index (χ0n) is 44.4. The summed E-state index contributed by atoms with van der Waals surface area (Å²) in [5, 5.41) is 13.9. The molecule has 1 amide bonds. The highest BCUT2D eigenvalue weighted by molar-refractivity contribution is 7.45. The Labute approximate surface area is 410 Å². The van der Waals surface area contributed by atoms with Gasteiger partial charge < -0.3 is 28.8 Å². The van der Waals surface area contributed by atoms with E-state index in [0.717, 1.165) is 44.9 Å². The summed E-state index contributed by atoms with van der Waals surface area (Å²) in [7, 11) is 1.27. The number of quaternary nitrogens is 1. The summed E-state index contributed by atoms with van der Waals surface area (Å²) in [6.07, 6.45) is 62.1. The van der Waals surface area contributed by atoms with Gasteiger partial charge in [-0.15, -0.1) is 0 Å². The number of amides is 1. The molecule has 3 unspecified atom stereocenters. The molecule has 0 rings (SSSR count). The Balaban J connectivity index is 4.23. The third kappa shape index (κ3) is 50.6.